The summed E-state index contributed by atoms with van der Waals surface area (Å²) in [7, 11) is 3.87. The van der Waals surface area contributed by atoms with Crippen LogP contribution in [0.2, 0.25) is 0 Å². The minimum absolute atomic E-state index is 0.0313. The Bertz CT molecular complexity index is 1570. The van der Waals surface area contributed by atoms with Crippen LogP contribution in [0, 0.1) is 0 Å². The molecule has 0 atom stereocenters. The Balaban J connectivity index is 1.43. The van der Waals surface area contributed by atoms with Gasteiger partial charge >= 0.3 is 5.97 Å². The molecule has 0 radical (unpaired) electrons. The molecule has 2 amide bonds. The van der Waals surface area contributed by atoms with Crippen molar-refractivity contribution in [2.75, 3.05) is 19.0 Å². The lowest BCUT2D eigenvalue weighted by molar-refractivity contribution is -0.117. The molecule has 0 saturated carbocycles. The van der Waals surface area contributed by atoms with Crippen molar-refractivity contribution < 1.29 is 19.1 Å². The Labute approximate surface area is 246 Å². The number of carbonyl (C=O) groups excluding carboxylic acids is 3. The maximum atomic E-state index is 13.0. The molecular weight excluding hydrogens is 584 g/mol. The van der Waals surface area contributed by atoms with Gasteiger partial charge in [0.25, 0.3) is 11.8 Å². The van der Waals surface area contributed by atoms with Gasteiger partial charge in [-0.15, -0.1) is 0 Å². The van der Waals surface area contributed by atoms with E-state index in [1.165, 1.54) is 6.21 Å². The molecule has 9 heteroatoms. The van der Waals surface area contributed by atoms with Crippen molar-refractivity contribution in [3.8, 4) is 5.75 Å². The fraction of sp³-hybridized carbons (Fsp3) is 0.0625. The number of ether oxygens (including phenoxy) is 1. The van der Waals surface area contributed by atoms with Crippen LogP contribution in [0.1, 0.15) is 31.8 Å². The number of halogens is 1. The van der Waals surface area contributed by atoms with E-state index in [0.717, 1.165) is 15.7 Å². The third-order valence-electron chi connectivity index (χ3n) is 5.80. The standard InChI is InChI=1S/C32H27BrN4O4/c1-37(2)27-16-8-22(9-17-27)20-29(35-30(38)24-6-4-3-5-7-24)31(39)36-34-21-23-10-18-28(19-11-23)41-32(40)25-12-14-26(33)15-13-25/h3-21H,1-2H3,(H,35,38)(H,36,39)/b29-20-,34-21+. The van der Waals surface area contributed by atoms with Crippen LogP contribution in [-0.2, 0) is 4.79 Å². The molecule has 0 aliphatic heterocycles. The highest BCUT2D eigenvalue weighted by Gasteiger charge is 2.14. The quantitative estimate of drug-likeness (QED) is 0.0838. The van der Waals surface area contributed by atoms with Crippen LogP contribution < -0.4 is 20.4 Å². The Morgan fingerprint density at radius 2 is 1.41 bits per heavy atom. The second-order valence-corrected chi connectivity index (χ2v) is 9.94. The number of rotatable bonds is 9. The monoisotopic (exact) mass is 610 g/mol. The van der Waals surface area contributed by atoms with Gasteiger partial charge in [0.2, 0.25) is 0 Å². The first-order valence-corrected chi connectivity index (χ1v) is 13.3. The first-order valence-electron chi connectivity index (χ1n) is 12.6. The number of carbonyl (C=O) groups is 3. The number of nitrogens with one attached hydrogen (secondary N) is 2. The van der Waals surface area contributed by atoms with Gasteiger partial charge in [-0.2, -0.15) is 5.10 Å². The average molecular weight is 611 g/mol. The number of anilines is 1. The fourth-order valence-electron chi connectivity index (χ4n) is 3.58. The molecule has 0 aromatic heterocycles. The maximum Gasteiger partial charge on any atom is 0.343 e. The van der Waals surface area contributed by atoms with E-state index in [2.05, 4.69) is 31.8 Å². The van der Waals surface area contributed by atoms with Crippen molar-refractivity contribution in [2.45, 2.75) is 0 Å². The van der Waals surface area contributed by atoms with Gasteiger partial charge in [0.1, 0.15) is 11.4 Å². The Kier molecular flexibility index (Phi) is 9.80. The molecule has 4 rings (SSSR count). The van der Waals surface area contributed by atoms with Gasteiger partial charge in [-0.1, -0.05) is 46.3 Å². The number of amides is 2. The smallest absolute Gasteiger partial charge is 0.343 e. The molecule has 41 heavy (non-hydrogen) atoms. The highest BCUT2D eigenvalue weighted by Crippen LogP contribution is 2.17. The van der Waals surface area contributed by atoms with Crippen molar-refractivity contribution in [3.63, 3.8) is 0 Å². The Hall–Kier alpha value is -5.02. The van der Waals surface area contributed by atoms with Gasteiger partial charge in [-0.3, -0.25) is 9.59 Å². The summed E-state index contributed by atoms with van der Waals surface area (Å²) in [5, 5.41) is 6.72. The summed E-state index contributed by atoms with van der Waals surface area (Å²) < 4.78 is 6.27. The summed E-state index contributed by atoms with van der Waals surface area (Å²) in [6.07, 6.45) is 3.03. The molecule has 0 aliphatic rings. The third kappa shape index (κ3) is 8.48. The number of benzene rings is 4. The van der Waals surface area contributed by atoms with Crippen molar-refractivity contribution in [1.29, 1.82) is 0 Å². The minimum Gasteiger partial charge on any atom is -0.423 e. The number of hydrogen-bond acceptors (Lipinski definition) is 6. The number of hydrogen-bond donors (Lipinski definition) is 2. The Morgan fingerprint density at radius 3 is 2.05 bits per heavy atom. The zero-order chi connectivity index (χ0) is 29.2. The predicted octanol–water partition coefficient (Wildman–Crippen LogP) is 5.66. The maximum absolute atomic E-state index is 13.0. The zero-order valence-electron chi connectivity index (χ0n) is 22.4. The lowest BCUT2D eigenvalue weighted by Crippen LogP contribution is -2.32. The van der Waals surface area contributed by atoms with E-state index in [-0.39, 0.29) is 5.70 Å². The van der Waals surface area contributed by atoms with Crippen LogP contribution in [0.25, 0.3) is 6.08 Å². The van der Waals surface area contributed by atoms with Crippen molar-refractivity contribution >= 4 is 51.7 Å². The van der Waals surface area contributed by atoms with Crippen molar-refractivity contribution in [1.82, 2.24) is 10.7 Å². The van der Waals surface area contributed by atoms with E-state index in [4.69, 9.17) is 4.74 Å². The van der Waals surface area contributed by atoms with E-state index in [0.29, 0.717) is 22.4 Å². The van der Waals surface area contributed by atoms with Crippen molar-refractivity contribution in [3.05, 3.63) is 136 Å². The van der Waals surface area contributed by atoms with Gasteiger partial charge < -0.3 is 15.0 Å². The van der Waals surface area contributed by atoms with Crippen LogP contribution >= 0.6 is 15.9 Å². The highest BCUT2D eigenvalue weighted by molar-refractivity contribution is 9.10. The summed E-state index contributed by atoms with van der Waals surface area (Å²) >= 11 is 3.33. The highest BCUT2D eigenvalue weighted by atomic mass is 79.9. The SMILES string of the molecule is CN(C)c1ccc(/C=C(\NC(=O)c2ccccc2)C(=O)N/N=C/c2ccc(OC(=O)c3ccc(Br)cc3)cc2)cc1. The second kappa shape index (κ2) is 13.9. The molecule has 4 aromatic carbocycles. The summed E-state index contributed by atoms with van der Waals surface area (Å²) in [6.45, 7) is 0. The Morgan fingerprint density at radius 1 is 0.780 bits per heavy atom. The van der Waals surface area contributed by atoms with Crippen molar-refractivity contribution in [2.24, 2.45) is 5.10 Å². The van der Waals surface area contributed by atoms with Crippen LogP contribution in [0.15, 0.2) is 118 Å². The second-order valence-electron chi connectivity index (χ2n) is 9.03. The zero-order valence-corrected chi connectivity index (χ0v) is 24.0. The normalized spacial score (nSPS) is 11.1. The fourth-order valence-corrected chi connectivity index (χ4v) is 3.84. The summed E-state index contributed by atoms with van der Waals surface area (Å²) in [5.74, 6) is -1.12. The van der Waals surface area contributed by atoms with Gasteiger partial charge in [-0.05, 0) is 90.0 Å². The predicted molar refractivity (Wildman–Crippen MR) is 164 cm³/mol. The molecule has 0 saturated heterocycles. The molecule has 0 spiro atoms. The molecule has 0 heterocycles. The van der Waals surface area contributed by atoms with Gasteiger partial charge in [0, 0.05) is 29.8 Å². The number of hydrazone groups is 1. The van der Waals surface area contributed by atoms with E-state index in [9.17, 15) is 14.4 Å². The third-order valence-corrected chi connectivity index (χ3v) is 6.33. The topological polar surface area (TPSA) is 100 Å². The van der Waals surface area contributed by atoms with Gasteiger partial charge in [-0.25, -0.2) is 10.2 Å². The van der Waals surface area contributed by atoms with E-state index in [1.807, 2.05) is 43.3 Å². The molecular formula is C32H27BrN4O4. The van der Waals surface area contributed by atoms with Crippen LogP contribution in [0.3, 0.4) is 0 Å². The van der Waals surface area contributed by atoms with Crippen LogP contribution in [0.4, 0.5) is 5.69 Å². The largest absolute Gasteiger partial charge is 0.423 e. The lowest BCUT2D eigenvalue weighted by Gasteiger charge is -2.12. The van der Waals surface area contributed by atoms with E-state index >= 15 is 0 Å². The van der Waals surface area contributed by atoms with E-state index < -0.39 is 17.8 Å². The number of nitrogens with zero attached hydrogens (tertiary/aromatic N) is 2. The summed E-state index contributed by atoms with van der Waals surface area (Å²) in [5.41, 5.74) is 5.72. The molecule has 206 valence electrons. The molecule has 0 aliphatic carbocycles. The van der Waals surface area contributed by atoms with Gasteiger partial charge in [0.05, 0.1) is 11.8 Å². The molecule has 0 fully saturated rings. The first kappa shape index (κ1) is 29.0. The van der Waals surface area contributed by atoms with Crippen LogP contribution in [0.5, 0.6) is 5.75 Å². The molecule has 8 nitrogen and oxygen atoms in total. The van der Waals surface area contributed by atoms with Gasteiger partial charge in [0.15, 0.2) is 0 Å². The average Bonchev–Trinajstić information content (AvgIpc) is 2.98. The summed E-state index contributed by atoms with van der Waals surface area (Å²) in [4.78, 5) is 40.1. The first-order chi connectivity index (χ1) is 19.8. The summed E-state index contributed by atoms with van der Waals surface area (Å²) in [6, 6.07) is 29.7. The molecule has 0 bridgehead atoms. The van der Waals surface area contributed by atoms with Crippen LogP contribution in [-0.4, -0.2) is 38.1 Å². The molecule has 0 unspecified atom stereocenters. The minimum atomic E-state index is -0.595. The molecule has 2 N–H and O–H groups in total. The lowest BCUT2D eigenvalue weighted by atomic mass is 10.1. The van der Waals surface area contributed by atoms with E-state index in [1.54, 1.807) is 84.9 Å². The molecule has 4 aromatic rings. The number of esters is 1.